The van der Waals surface area contributed by atoms with E-state index in [4.69, 9.17) is 0 Å². The molecule has 1 atom stereocenters. The van der Waals surface area contributed by atoms with E-state index in [9.17, 15) is 9.90 Å². The van der Waals surface area contributed by atoms with E-state index in [0.29, 0.717) is 12.1 Å². The maximum absolute atomic E-state index is 11.8. The second-order valence-electron chi connectivity index (χ2n) is 5.24. The Kier molecular flexibility index (Phi) is 3.28. The van der Waals surface area contributed by atoms with E-state index in [1.165, 1.54) is 0 Å². The summed E-state index contributed by atoms with van der Waals surface area (Å²) >= 11 is 0. The minimum absolute atomic E-state index is 0.0517. The molecule has 3 rings (SSSR count). The molecule has 0 radical (unpaired) electrons. The molecule has 0 fully saturated rings. The number of aryl methyl sites for hydroxylation is 1. The van der Waals surface area contributed by atoms with Crippen LogP contribution in [0.4, 0.5) is 0 Å². The van der Waals surface area contributed by atoms with Crippen LogP contribution < -0.4 is 5.32 Å². The molecule has 0 aromatic heterocycles. The van der Waals surface area contributed by atoms with Crippen LogP contribution in [0.3, 0.4) is 0 Å². The summed E-state index contributed by atoms with van der Waals surface area (Å²) in [5.74, 6) is -0.0517. The highest BCUT2D eigenvalue weighted by Crippen LogP contribution is 2.25. The summed E-state index contributed by atoms with van der Waals surface area (Å²) in [7, 11) is 0. The highest BCUT2D eigenvalue weighted by molar-refractivity contribution is 5.96. The number of benzene rings is 2. The highest BCUT2D eigenvalue weighted by Gasteiger charge is 2.19. The molecule has 0 bridgehead atoms. The van der Waals surface area contributed by atoms with Crippen LogP contribution in [-0.4, -0.2) is 17.6 Å². The first-order chi connectivity index (χ1) is 9.65. The molecule has 3 heteroatoms. The Labute approximate surface area is 118 Å². The molecule has 2 N–H and O–H groups in total. The van der Waals surface area contributed by atoms with E-state index in [1.807, 2.05) is 43.3 Å². The molecule has 2 aromatic carbocycles. The zero-order valence-corrected chi connectivity index (χ0v) is 11.4. The first-order valence-corrected chi connectivity index (χ1v) is 6.81. The van der Waals surface area contributed by atoms with E-state index in [1.54, 1.807) is 6.07 Å². The number of amides is 1. The standard InChI is InChI=1S/C17H17NO2/c1-11-2-4-13(5-3-11)16(19)14-7-6-12-8-9-18-17(20)15(12)10-14/h2-7,10,16,19H,8-9H2,1H3,(H,18,20). The second-order valence-corrected chi connectivity index (χ2v) is 5.24. The van der Waals surface area contributed by atoms with E-state index in [0.717, 1.165) is 28.7 Å². The summed E-state index contributed by atoms with van der Waals surface area (Å²) in [5, 5.41) is 13.3. The predicted octanol–water partition coefficient (Wildman–Crippen LogP) is 2.36. The summed E-state index contributed by atoms with van der Waals surface area (Å²) < 4.78 is 0. The lowest BCUT2D eigenvalue weighted by Gasteiger charge is -2.19. The first-order valence-electron chi connectivity index (χ1n) is 6.81. The van der Waals surface area contributed by atoms with Gasteiger partial charge in [0.2, 0.25) is 0 Å². The maximum atomic E-state index is 11.8. The van der Waals surface area contributed by atoms with E-state index in [2.05, 4.69) is 5.32 Å². The maximum Gasteiger partial charge on any atom is 0.251 e. The van der Waals surface area contributed by atoms with Gasteiger partial charge in [-0.1, -0.05) is 42.0 Å². The fourth-order valence-electron chi connectivity index (χ4n) is 2.54. The fraction of sp³-hybridized carbons (Fsp3) is 0.235. The van der Waals surface area contributed by atoms with Gasteiger partial charge in [0.05, 0.1) is 0 Å². The van der Waals surface area contributed by atoms with E-state index >= 15 is 0 Å². The molecule has 3 nitrogen and oxygen atoms in total. The van der Waals surface area contributed by atoms with Gasteiger partial charge in [-0.3, -0.25) is 4.79 Å². The minimum Gasteiger partial charge on any atom is -0.384 e. The molecule has 0 saturated heterocycles. The molecule has 0 spiro atoms. The topological polar surface area (TPSA) is 49.3 Å². The van der Waals surface area contributed by atoms with Crippen LogP contribution in [0.25, 0.3) is 0 Å². The Morgan fingerprint density at radius 3 is 2.55 bits per heavy atom. The van der Waals surface area contributed by atoms with Crippen LogP contribution in [-0.2, 0) is 6.42 Å². The number of aliphatic hydroxyl groups excluding tert-OH is 1. The van der Waals surface area contributed by atoms with Crippen LogP contribution in [0.1, 0.15) is 38.7 Å². The lowest BCUT2D eigenvalue weighted by atomic mass is 9.93. The predicted molar refractivity (Wildman–Crippen MR) is 77.7 cm³/mol. The Hall–Kier alpha value is -2.13. The molecular formula is C17H17NO2. The van der Waals surface area contributed by atoms with Gasteiger partial charge in [0.15, 0.2) is 0 Å². The smallest absolute Gasteiger partial charge is 0.251 e. The number of carbonyl (C=O) groups is 1. The molecule has 1 aliphatic rings. The lowest BCUT2D eigenvalue weighted by Crippen LogP contribution is -2.31. The fourth-order valence-corrected chi connectivity index (χ4v) is 2.54. The molecule has 20 heavy (non-hydrogen) atoms. The third-order valence-corrected chi connectivity index (χ3v) is 3.77. The van der Waals surface area contributed by atoms with Crippen molar-refractivity contribution in [1.82, 2.24) is 5.32 Å². The minimum atomic E-state index is -0.698. The SMILES string of the molecule is Cc1ccc(C(O)c2ccc3c(c2)C(=O)NCC3)cc1. The summed E-state index contributed by atoms with van der Waals surface area (Å²) in [5.41, 5.74) is 4.48. The monoisotopic (exact) mass is 267 g/mol. The molecular weight excluding hydrogens is 250 g/mol. The van der Waals surface area contributed by atoms with Crippen LogP contribution in [0, 0.1) is 6.92 Å². The van der Waals surface area contributed by atoms with E-state index < -0.39 is 6.10 Å². The van der Waals surface area contributed by atoms with Gasteiger partial charge in [-0.05, 0) is 36.1 Å². The molecule has 2 aromatic rings. The van der Waals surface area contributed by atoms with Crippen LogP contribution in [0.2, 0.25) is 0 Å². The number of nitrogens with one attached hydrogen (secondary N) is 1. The normalized spacial score (nSPS) is 15.4. The number of hydrogen-bond donors (Lipinski definition) is 2. The van der Waals surface area contributed by atoms with Crippen molar-refractivity contribution in [3.8, 4) is 0 Å². The van der Waals surface area contributed by atoms with Crippen molar-refractivity contribution in [3.05, 3.63) is 70.3 Å². The van der Waals surface area contributed by atoms with Gasteiger partial charge >= 0.3 is 0 Å². The van der Waals surface area contributed by atoms with Crippen LogP contribution in [0.15, 0.2) is 42.5 Å². The summed E-state index contributed by atoms with van der Waals surface area (Å²) in [6.45, 7) is 2.70. The van der Waals surface area contributed by atoms with Gasteiger partial charge in [-0.25, -0.2) is 0 Å². The van der Waals surface area contributed by atoms with Gasteiger partial charge < -0.3 is 10.4 Å². The molecule has 1 amide bonds. The summed E-state index contributed by atoms with van der Waals surface area (Å²) in [6.07, 6.45) is 0.151. The van der Waals surface area contributed by atoms with Crippen molar-refractivity contribution in [2.24, 2.45) is 0 Å². The van der Waals surface area contributed by atoms with Gasteiger partial charge in [0, 0.05) is 12.1 Å². The van der Waals surface area contributed by atoms with Crippen molar-refractivity contribution in [1.29, 1.82) is 0 Å². The molecule has 1 heterocycles. The molecule has 0 aliphatic carbocycles. The quantitative estimate of drug-likeness (QED) is 0.877. The van der Waals surface area contributed by atoms with Crippen molar-refractivity contribution < 1.29 is 9.90 Å². The third kappa shape index (κ3) is 2.32. The van der Waals surface area contributed by atoms with Gasteiger partial charge in [0.25, 0.3) is 5.91 Å². The number of aliphatic hydroxyl groups is 1. The lowest BCUT2D eigenvalue weighted by molar-refractivity contribution is 0.0945. The zero-order valence-electron chi connectivity index (χ0n) is 11.4. The highest BCUT2D eigenvalue weighted by atomic mass is 16.3. The number of hydrogen-bond acceptors (Lipinski definition) is 2. The van der Waals surface area contributed by atoms with Crippen molar-refractivity contribution in [3.63, 3.8) is 0 Å². The first kappa shape index (κ1) is 12.9. The zero-order chi connectivity index (χ0) is 14.1. The molecule has 102 valence electrons. The summed E-state index contributed by atoms with van der Waals surface area (Å²) in [6, 6.07) is 13.4. The van der Waals surface area contributed by atoms with E-state index in [-0.39, 0.29) is 5.91 Å². The third-order valence-electron chi connectivity index (χ3n) is 3.77. The number of carbonyl (C=O) groups excluding carboxylic acids is 1. The van der Waals surface area contributed by atoms with Gasteiger partial charge in [0.1, 0.15) is 6.10 Å². The van der Waals surface area contributed by atoms with Gasteiger partial charge in [-0.15, -0.1) is 0 Å². The Morgan fingerprint density at radius 1 is 1.10 bits per heavy atom. The number of fused-ring (bicyclic) bond motifs is 1. The van der Waals surface area contributed by atoms with Crippen molar-refractivity contribution in [2.45, 2.75) is 19.4 Å². The van der Waals surface area contributed by atoms with Crippen LogP contribution >= 0.6 is 0 Å². The summed E-state index contributed by atoms with van der Waals surface area (Å²) in [4.78, 5) is 11.8. The van der Waals surface area contributed by atoms with Crippen molar-refractivity contribution >= 4 is 5.91 Å². The number of rotatable bonds is 2. The Balaban J connectivity index is 1.96. The van der Waals surface area contributed by atoms with Crippen LogP contribution in [0.5, 0.6) is 0 Å². The Morgan fingerprint density at radius 2 is 1.80 bits per heavy atom. The second kappa shape index (κ2) is 5.10. The Bertz CT molecular complexity index is 647. The molecule has 1 aliphatic heterocycles. The average Bonchev–Trinajstić information content (AvgIpc) is 2.47. The van der Waals surface area contributed by atoms with Gasteiger partial charge in [-0.2, -0.15) is 0 Å². The molecule has 0 saturated carbocycles. The largest absolute Gasteiger partial charge is 0.384 e. The average molecular weight is 267 g/mol. The van der Waals surface area contributed by atoms with Crippen molar-refractivity contribution in [2.75, 3.05) is 6.54 Å². The molecule has 1 unspecified atom stereocenters.